The summed E-state index contributed by atoms with van der Waals surface area (Å²) in [5.41, 5.74) is 8.31. The van der Waals surface area contributed by atoms with Crippen molar-refractivity contribution in [2.75, 3.05) is 7.05 Å². The Kier molecular flexibility index (Phi) is 5.72. The fourth-order valence-corrected chi connectivity index (χ4v) is 3.58. The molecule has 20 heavy (non-hydrogen) atoms. The van der Waals surface area contributed by atoms with E-state index in [-0.39, 0.29) is 6.04 Å². The molecule has 0 radical (unpaired) electrons. The predicted octanol–water partition coefficient (Wildman–Crippen LogP) is 4.36. The monoisotopic (exact) mass is 368 g/mol. The quantitative estimate of drug-likeness (QED) is 0.768. The van der Waals surface area contributed by atoms with Crippen LogP contribution in [0.5, 0.6) is 0 Å². The molecule has 1 aromatic carbocycles. The Morgan fingerprint density at radius 2 is 2.10 bits per heavy atom. The van der Waals surface area contributed by atoms with Crippen molar-refractivity contribution in [1.82, 2.24) is 4.90 Å². The fourth-order valence-electron chi connectivity index (χ4n) is 2.22. The molecule has 0 aliphatic heterocycles. The normalized spacial score (nSPS) is 12.6. The largest absolute Gasteiger partial charge is 0.393 e. The van der Waals surface area contributed by atoms with Crippen molar-refractivity contribution in [2.24, 2.45) is 5.73 Å². The van der Waals surface area contributed by atoms with E-state index in [2.05, 4.69) is 63.6 Å². The van der Waals surface area contributed by atoms with Crippen LogP contribution in [0.2, 0.25) is 0 Å². The lowest BCUT2D eigenvalue weighted by molar-refractivity contribution is 0.242. The molecule has 0 amide bonds. The van der Waals surface area contributed by atoms with Gasteiger partial charge in [0.05, 0.1) is 8.77 Å². The summed E-state index contributed by atoms with van der Waals surface area (Å²) in [6.07, 6.45) is 0.696. The molecule has 2 nitrogen and oxygen atoms in total. The lowest BCUT2D eigenvalue weighted by Crippen LogP contribution is -2.27. The standard InChI is InChI=1S/C15H17BrN2S2/c1-18(9-11-7-14(16)20-10-11)13(8-15(17)19)12-5-3-2-4-6-12/h2-7,10,13H,8-9H2,1H3,(H2,17,19). The lowest BCUT2D eigenvalue weighted by Gasteiger charge is -2.28. The van der Waals surface area contributed by atoms with Crippen molar-refractivity contribution in [3.05, 3.63) is 56.7 Å². The number of thiophene rings is 1. The zero-order valence-corrected chi connectivity index (χ0v) is 14.5. The number of nitrogens with two attached hydrogens (primary N) is 1. The Labute approximate surface area is 137 Å². The van der Waals surface area contributed by atoms with E-state index in [0.717, 1.165) is 10.3 Å². The molecule has 1 unspecified atom stereocenters. The highest BCUT2D eigenvalue weighted by molar-refractivity contribution is 9.11. The van der Waals surface area contributed by atoms with Crippen LogP contribution in [0.3, 0.4) is 0 Å². The van der Waals surface area contributed by atoms with Crippen molar-refractivity contribution in [3.8, 4) is 0 Å². The van der Waals surface area contributed by atoms with Crippen molar-refractivity contribution in [3.63, 3.8) is 0 Å². The molecule has 0 fully saturated rings. The summed E-state index contributed by atoms with van der Waals surface area (Å²) in [5, 5.41) is 2.17. The summed E-state index contributed by atoms with van der Waals surface area (Å²) in [4.78, 5) is 2.85. The summed E-state index contributed by atoms with van der Waals surface area (Å²) in [6.45, 7) is 0.879. The second-order valence-electron chi connectivity index (χ2n) is 4.77. The highest BCUT2D eigenvalue weighted by atomic mass is 79.9. The molecule has 2 N–H and O–H groups in total. The number of rotatable bonds is 6. The van der Waals surface area contributed by atoms with Gasteiger partial charge >= 0.3 is 0 Å². The average molecular weight is 369 g/mol. The molecular weight excluding hydrogens is 352 g/mol. The molecule has 0 bridgehead atoms. The first-order valence-electron chi connectivity index (χ1n) is 6.32. The first kappa shape index (κ1) is 15.6. The Bertz CT molecular complexity index is 568. The van der Waals surface area contributed by atoms with E-state index < -0.39 is 0 Å². The van der Waals surface area contributed by atoms with Crippen LogP contribution in [0, 0.1) is 0 Å². The molecule has 1 atom stereocenters. The van der Waals surface area contributed by atoms with Crippen molar-refractivity contribution in [1.29, 1.82) is 0 Å². The molecule has 1 aromatic heterocycles. The van der Waals surface area contributed by atoms with Crippen molar-refractivity contribution >= 4 is 44.5 Å². The number of hydrogen-bond donors (Lipinski definition) is 1. The highest BCUT2D eigenvalue weighted by Crippen LogP contribution is 2.27. The number of nitrogens with zero attached hydrogens (tertiary/aromatic N) is 1. The van der Waals surface area contributed by atoms with Crippen molar-refractivity contribution in [2.45, 2.75) is 19.0 Å². The fraction of sp³-hybridized carbons (Fsp3) is 0.267. The molecule has 0 aliphatic carbocycles. The number of halogens is 1. The maximum absolute atomic E-state index is 5.77. The number of benzene rings is 1. The smallest absolute Gasteiger partial charge is 0.0746 e. The van der Waals surface area contributed by atoms with Gasteiger partial charge in [0.25, 0.3) is 0 Å². The summed E-state index contributed by atoms with van der Waals surface area (Å²) in [6, 6.07) is 12.8. The lowest BCUT2D eigenvalue weighted by atomic mass is 10.0. The van der Waals surface area contributed by atoms with E-state index in [1.54, 1.807) is 11.3 Å². The zero-order valence-electron chi connectivity index (χ0n) is 11.3. The molecule has 2 aromatic rings. The van der Waals surface area contributed by atoms with Gasteiger partial charge in [-0.1, -0.05) is 42.5 Å². The topological polar surface area (TPSA) is 29.3 Å². The summed E-state index contributed by atoms with van der Waals surface area (Å²) in [5.74, 6) is 0. The number of thiocarbonyl (C=S) groups is 1. The van der Waals surface area contributed by atoms with Gasteiger partial charge in [-0.15, -0.1) is 11.3 Å². The van der Waals surface area contributed by atoms with Crippen LogP contribution in [0.1, 0.15) is 23.6 Å². The van der Waals surface area contributed by atoms with E-state index in [4.69, 9.17) is 18.0 Å². The van der Waals surface area contributed by atoms with Crippen LogP contribution in [-0.2, 0) is 6.54 Å². The minimum Gasteiger partial charge on any atom is -0.393 e. The van der Waals surface area contributed by atoms with Gasteiger partial charge in [0, 0.05) is 19.0 Å². The van der Waals surface area contributed by atoms with Crippen LogP contribution in [0.25, 0.3) is 0 Å². The van der Waals surface area contributed by atoms with Gasteiger partial charge < -0.3 is 5.73 Å². The molecule has 106 valence electrons. The molecule has 0 aliphatic rings. The molecule has 1 heterocycles. The molecule has 0 spiro atoms. The molecule has 0 saturated carbocycles. The third-order valence-corrected chi connectivity index (χ3v) is 4.88. The molecule has 5 heteroatoms. The average Bonchev–Trinajstić information content (AvgIpc) is 2.82. The van der Waals surface area contributed by atoms with E-state index in [1.807, 2.05) is 6.07 Å². The first-order valence-corrected chi connectivity index (χ1v) is 8.40. The van der Waals surface area contributed by atoms with E-state index >= 15 is 0 Å². The van der Waals surface area contributed by atoms with Crippen LogP contribution in [-0.4, -0.2) is 16.9 Å². The second kappa shape index (κ2) is 7.31. The first-order chi connectivity index (χ1) is 9.56. The minimum atomic E-state index is 0.215. The van der Waals surface area contributed by atoms with Gasteiger partial charge in [-0.2, -0.15) is 0 Å². The molecular formula is C15H17BrN2S2. The Morgan fingerprint density at radius 1 is 1.40 bits per heavy atom. The maximum Gasteiger partial charge on any atom is 0.0746 e. The summed E-state index contributed by atoms with van der Waals surface area (Å²) < 4.78 is 1.16. The van der Waals surface area contributed by atoms with Gasteiger partial charge in [-0.25, -0.2) is 0 Å². The number of hydrogen-bond acceptors (Lipinski definition) is 3. The third-order valence-electron chi connectivity index (χ3n) is 3.16. The van der Waals surface area contributed by atoms with E-state index in [0.29, 0.717) is 11.4 Å². The Morgan fingerprint density at radius 3 is 2.65 bits per heavy atom. The van der Waals surface area contributed by atoms with Gasteiger partial charge in [-0.05, 0) is 45.6 Å². The van der Waals surface area contributed by atoms with Crippen LogP contribution in [0.15, 0.2) is 45.6 Å². The zero-order chi connectivity index (χ0) is 14.5. The van der Waals surface area contributed by atoms with Crippen LogP contribution < -0.4 is 5.73 Å². The van der Waals surface area contributed by atoms with Crippen LogP contribution >= 0.6 is 39.5 Å². The summed E-state index contributed by atoms with van der Waals surface area (Å²) >= 11 is 10.3. The van der Waals surface area contributed by atoms with Gasteiger partial charge in [0.2, 0.25) is 0 Å². The Balaban J connectivity index is 2.15. The van der Waals surface area contributed by atoms with Crippen LogP contribution in [0.4, 0.5) is 0 Å². The minimum absolute atomic E-state index is 0.215. The SMILES string of the molecule is CN(Cc1csc(Br)c1)C(CC(N)=S)c1ccccc1. The second-order valence-corrected chi connectivity index (χ2v) is 7.59. The van der Waals surface area contributed by atoms with E-state index in [9.17, 15) is 0 Å². The molecule has 2 rings (SSSR count). The maximum atomic E-state index is 5.77. The Hall–Kier alpha value is -0.750. The molecule has 0 saturated heterocycles. The van der Waals surface area contributed by atoms with Gasteiger partial charge in [0.15, 0.2) is 0 Å². The third kappa shape index (κ3) is 4.38. The van der Waals surface area contributed by atoms with E-state index in [1.165, 1.54) is 11.1 Å². The van der Waals surface area contributed by atoms with Gasteiger partial charge in [-0.3, -0.25) is 4.90 Å². The predicted molar refractivity (Wildman–Crippen MR) is 94.1 cm³/mol. The van der Waals surface area contributed by atoms with Gasteiger partial charge in [0.1, 0.15) is 0 Å². The van der Waals surface area contributed by atoms with Crippen molar-refractivity contribution < 1.29 is 0 Å². The summed E-state index contributed by atoms with van der Waals surface area (Å²) in [7, 11) is 2.11. The highest BCUT2D eigenvalue weighted by Gasteiger charge is 2.18.